The largest absolute Gasteiger partial charge is 0.490 e. The van der Waals surface area contributed by atoms with Crippen LogP contribution in [0.4, 0.5) is 0 Å². The smallest absolute Gasteiger partial charge is 0.252 e. The Hall–Kier alpha value is -2.20. The van der Waals surface area contributed by atoms with Gasteiger partial charge < -0.3 is 14.8 Å². The zero-order valence-corrected chi connectivity index (χ0v) is 15.2. The molecule has 1 aliphatic carbocycles. The highest BCUT2D eigenvalue weighted by Gasteiger charge is 2.45. The quantitative estimate of drug-likeness (QED) is 0.788. The summed E-state index contributed by atoms with van der Waals surface area (Å²) in [6.07, 6.45) is 1.85. The lowest BCUT2D eigenvalue weighted by molar-refractivity contribution is 0.0930. The Morgan fingerprint density at radius 3 is 2.28 bits per heavy atom. The van der Waals surface area contributed by atoms with Crippen molar-refractivity contribution >= 4 is 17.5 Å². The van der Waals surface area contributed by atoms with E-state index in [9.17, 15) is 4.79 Å². The fourth-order valence-electron chi connectivity index (χ4n) is 2.86. The van der Waals surface area contributed by atoms with Crippen molar-refractivity contribution in [2.45, 2.75) is 32.2 Å². The molecule has 1 amide bonds. The van der Waals surface area contributed by atoms with Gasteiger partial charge in [-0.25, -0.2) is 0 Å². The third kappa shape index (κ3) is 3.90. The highest BCUT2D eigenvalue weighted by Crippen LogP contribution is 2.46. The van der Waals surface area contributed by atoms with Gasteiger partial charge in [-0.3, -0.25) is 4.79 Å². The molecular formula is C20H22ClNO3. The Labute approximate surface area is 153 Å². The van der Waals surface area contributed by atoms with Crippen LogP contribution in [-0.2, 0) is 5.54 Å². The Bertz CT molecular complexity index is 754. The van der Waals surface area contributed by atoms with Gasteiger partial charge in [0.05, 0.1) is 18.8 Å². The van der Waals surface area contributed by atoms with Gasteiger partial charge in [0, 0.05) is 10.6 Å². The number of hydrogen-bond donors (Lipinski definition) is 1. The van der Waals surface area contributed by atoms with Crippen molar-refractivity contribution in [1.29, 1.82) is 0 Å². The molecule has 2 aromatic rings. The second-order valence-electron chi connectivity index (χ2n) is 6.07. The molecule has 132 valence electrons. The van der Waals surface area contributed by atoms with Crippen molar-refractivity contribution in [3.63, 3.8) is 0 Å². The van der Waals surface area contributed by atoms with Crippen LogP contribution in [0.5, 0.6) is 11.5 Å². The van der Waals surface area contributed by atoms with Crippen LogP contribution in [-0.4, -0.2) is 19.1 Å². The molecule has 0 atom stereocenters. The normalized spacial score (nSPS) is 14.7. The molecular weight excluding hydrogens is 338 g/mol. The SMILES string of the molecule is CCOc1ccc(C(=O)NC2(c3ccc(Cl)cc3)CC2)cc1OCC. The first kappa shape index (κ1) is 17.6. The van der Waals surface area contributed by atoms with Crippen molar-refractivity contribution in [2.24, 2.45) is 0 Å². The fraction of sp³-hybridized carbons (Fsp3) is 0.350. The van der Waals surface area contributed by atoms with Crippen LogP contribution in [0, 0.1) is 0 Å². The lowest BCUT2D eigenvalue weighted by Gasteiger charge is -2.19. The summed E-state index contributed by atoms with van der Waals surface area (Å²) in [6, 6.07) is 12.9. The van der Waals surface area contributed by atoms with E-state index in [-0.39, 0.29) is 11.4 Å². The van der Waals surface area contributed by atoms with Crippen molar-refractivity contribution in [1.82, 2.24) is 5.32 Å². The first-order valence-electron chi connectivity index (χ1n) is 8.56. The Morgan fingerprint density at radius 1 is 1.04 bits per heavy atom. The van der Waals surface area contributed by atoms with Gasteiger partial charge in [-0.15, -0.1) is 0 Å². The van der Waals surface area contributed by atoms with E-state index < -0.39 is 0 Å². The number of carbonyl (C=O) groups excluding carboxylic acids is 1. The lowest BCUT2D eigenvalue weighted by atomic mass is 10.0. The van der Waals surface area contributed by atoms with Gasteiger partial charge in [-0.05, 0) is 62.6 Å². The number of carbonyl (C=O) groups is 1. The van der Waals surface area contributed by atoms with E-state index in [0.29, 0.717) is 35.3 Å². The number of benzene rings is 2. The van der Waals surface area contributed by atoms with E-state index in [1.165, 1.54) is 0 Å². The maximum atomic E-state index is 12.7. The van der Waals surface area contributed by atoms with E-state index in [1.807, 2.05) is 38.1 Å². The Kier molecular flexibility index (Phi) is 5.19. The minimum Gasteiger partial charge on any atom is -0.490 e. The standard InChI is InChI=1S/C20H22ClNO3/c1-3-24-17-10-5-14(13-18(17)25-4-2)19(23)22-20(11-12-20)15-6-8-16(21)9-7-15/h5-10,13H,3-4,11-12H2,1-2H3,(H,22,23). The topological polar surface area (TPSA) is 47.6 Å². The van der Waals surface area contributed by atoms with E-state index in [1.54, 1.807) is 18.2 Å². The van der Waals surface area contributed by atoms with Gasteiger partial charge in [0.1, 0.15) is 0 Å². The average molecular weight is 360 g/mol. The van der Waals surface area contributed by atoms with E-state index in [0.717, 1.165) is 18.4 Å². The molecule has 0 aliphatic heterocycles. The molecule has 0 spiro atoms. The van der Waals surface area contributed by atoms with Gasteiger partial charge in [0.2, 0.25) is 0 Å². The third-order valence-electron chi connectivity index (χ3n) is 4.31. The number of hydrogen-bond acceptors (Lipinski definition) is 3. The Balaban J connectivity index is 1.79. The van der Waals surface area contributed by atoms with E-state index >= 15 is 0 Å². The molecule has 25 heavy (non-hydrogen) atoms. The summed E-state index contributed by atoms with van der Waals surface area (Å²) >= 11 is 5.96. The molecule has 0 unspecified atom stereocenters. The predicted molar refractivity (Wildman–Crippen MR) is 98.6 cm³/mol. The molecule has 0 saturated heterocycles. The van der Waals surface area contributed by atoms with E-state index in [4.69, 9.17) is 21.1 Å². The van der Waals surface area contributed by atoms with Crippen LogP contribution < -0.4 is 14.8 Å². The highest BCUT2D eigenvalue weighted by molar-refractivity contribution is 6.30. The molecule has 0 radical (unpaired) electrons. The molecule has 0 aromatic heterocycles. The van der Waals surface area contributed by atoms with Crippen LogP contribution in [0.25, 0.3) is 0 Å². The van der Waals surface area contributed by atoms with Crippen LogP contribution >= 0.6 is 11.6 Å². The molecule has 0 heterocycles. The first-order valence-corrected chi connectivity index (χ1v) is 8.94. The van der Waals surface area contributed by atoms with Crippen LogP contribution in [0.2, 0.25) is 5.02 Å². The minimum atomic E-state index is -0.286. The number of rotatable bonds is 7. The number of nitrogens with one attached hydrogen (secondary N) is 1. The summed E-state index contributed by atoms with van der Waals surface area (Å²) in [7, 11) is 0. The van der Waals surface area contributed by atoms with Gasteiger partial charge >= 0.3 is 0 Å². The first-order chi connectivity index (χ1) is 12.1. The summed E-state index contributed by atoms with van der Waals surface area (Å²) < 4.78 is 11.2. The fourth-order valence-corrected chi connectivity index (χ4v) is 2.99. The van der Waals surface area contributed by atoms with Gasteiger partial charge in [-0.2, -0.15) is 0 Å². The van der Waals surface area contributed by atoms with Crippen molar-refractivity contribution < 1.29 is 14.3 Å². The monoisotopic (exact) mass is 359 g/mol. The van der Waals surface area contributed by atoms with Crippen molar-refractivity contribution in [3.05, 3.63) is 58.6 Å². The van der Waals surface area contributed by atoms with Crippen molar-refractivity contribution in [3.8, 4) is 11.5 Å². The molecule has 5 heteroatoms. The third-order valence-corrected chi connectivity index (χ3v) is 4.56. The molecule has 1 N–H and O–H groups in total. The van der Waals surface area contributed by atoms with E-state index in [2.05, 4.69) is 5.32 Å². The van der Waals surface area contributed by atoms with Crippen LogP contribution in [0.1, 0.15) is 42.6 Å². The molecule has 3 rings (SSSR count). The molecule has 1 saturated carbocycles. The van der Waals surface area contributed by atoms with Crippen molar-refractivity contribution in [2.75, 3.05) is 13.2 Å². The van der Waals surface area contributed by atoms with Crippen LogP contribution in [0.3, 0.4) is 0 Å². The minimum absolute atomic E-state index is 0.114. The summed E-state index contributed by atoms with van der Waals surface area (Å²) in [5.74, 6) is 1.13. The summed E-state index contributed by atoms with van der Waals surface area (Å²) in [6.45, 7) is 4.88. The number of amides is 1. The second kappa shape index (κ2) is 7.36. The number of ether oxygens (including phenoxy) is 2. The highest BCUT2D eigenvalue weighted by atomic mass is 35.5. The van der Waals surface area contributed by atoms with Gasteiger partial charge in [0.25, 0.3) is 5.91 Å². The van der Waals surface area contributed by atoms with Crippen LogP contribution in [0.15, 0.2) is 42.5 Å². The molecule has 1 fully saturated rings. The van der Waals surface area contributed by atoms with Gasteiger partial charge in [0.15, 0.2) is 11.5 Å². The second-order valence-corrected chi connectivity index (χ2v) is 6.51. The zero-order valence-electron chi connectivity index (χ0n) is 14.5. The summed E-state index contributed by atoms with van der Waals surface area (Å²) in [5.41, 5.74) is 1.36. The lowest BCUT2D eigenvalue weighted by Crippen LogP contribution is -2.34. The summed E-state index contributed by atoms with van der Waals surface area (Å²) in [4.78, 5) is 12.7. The molecule has 0 bridgehead atoms. The molecule has 2 aromatic carbocycles. The zero-order chi connectivity index (χ0) is 17.9. The summed E-state index contributed by atoms with van der Waals surface area (Å²) in [5, 5.41) is 3.86. The number of halogens is 1. The maximum absolute atomic E-state index is 12.7. The Morgan fingerprint density at radius 2 is 1.68 bits per heavy atom. The van der Waals surface area contributed by atoms with Gasteiger partial charge in [-0.1, -0.05) is 23.7 Å². The molecule has 1 aliphatic rings. The molecule has 4 nitrogen and oxygen atoms in total. The maximum Gasteiger partial charge on any atom is 0.252 e. The predicted octanol–water partition coefficient (Wildman–Crippen LogP) is 4.56. The average Bonchev–Trinajstić information content (AvgIpc) is 3.38.